The van der Waals surface area contributed by atoms with Crippen LogP contribution in [0.25, 0.3) is 0 Å². The van der Waals surface area contributed by atoms with Gasteiger partial charge in [-0.05, 0) is 50.1 Å². The maximum absolute atomic E-state index is 11.9. The van der Waals surface area contributed by atoms with Crippen LogP contribution in [0.3, 0.4) is 0 Å². The largest absolute Gasteiger partial charge is 0.506 e. The average Bonchev–Trinajstić information content (AvgIpc) is 3.05. The molecule has 1 heterocycles. The standard InChI is InChI=1S/C18H12Br2N2O7/c1-8(23)21-12-3-2-9(6-13(12)22(27)28)18(5-4-14(24)29-18)10-7-11(19)17(26)15(20)16(10)25/h2-7,25-26H,1H3,(H,21,23). The first-order chi connectivity index (χ1) is 13.6. The van der Waals surface area contributed by atoms with E-state index < -0.39 is 33.8 Å². The van der Waals surface area contributed by atoms with Crippen molar-refractivity contribution in [2.75, 3.05) is 5.32 Å². The van der Waals surface area contributed by atoms with Crippen LogP contribution < -0.4 is 5.32 Å². The Bertz CT molecular complexity index is 1100. The van der Waals surface area contributed by atoms with Crippen molar-refractivity contribution in [2.24, 2.45) is 0 Å². The first kappa shape index (κ1) is 20.8. The fourth-order valence-corrected chi connectivity index (χ4v) is 4.08. The third-order valence-electron chi connectivity index (χ3n) is 4.22. The lowest BCUT2D eigenvalue weighted by molar-refractivity contribution is -0.384. The molecule has 1 aliphatic heterocycles. The van der Waals surface area contributed by atoms with Gasteiger partial charge in [0.1, 0.15) is 21.7 Å². The summed E-state index contributed by atoms with van der Waals surface area (Å²) in [5, 5.41) is 34.5. The predicted molar refractivity (Wildman–Crippen MR) is 109 cm³/mol. The van der Waals surface area contributed by atoms with Crippen molar-refractivity contribution in [1.29, 1.82) is 0 Å². The van der Waals surface area contributed by atoms with Crippen LogP contribution in [-0.2, 0) is 19.9 Å². The van der Waals surface area contributed by atoms with E-state index in [1.807, 2.05) is 0 Å². The van der Waals surface area contributed by atoms with Gasteiger partial charge in [0.05, 0.1) is 9.40 Å². The minimum atomic E-state index is -1.70. The summed E-state index contributed by atoms with van der Waals surface area (Å²) < 4.78 is 5.60. The number of halogens is 2. The molecule has 11 heteroatoms. The summed E-state index contributed by atoms with van der Waals surface area (Å²) in [7, 11) is 0. The number of esters is 1. The number of anilines is 1. The van der Waals surface area contributed by atoms with E-state index in [0.717, 1.165) is 12.1 Å². The Balaban J connectivity index is 2.28. The normalized spacial score (nSPS) is 17.8. The van der Waals surface area contributed by atoms with E-state index in [1.54, 1.807) is 0 Å². The van der Waals surface area contributed by atoms with Gasteiger partial charge in [-0.25, -0.2) is 4.79 Å². The number of carbonyl (C=O) groups is 2. The Kier molecular flexibility index (Phi) is 5.37. The molecule has 150 valence electrons. The van der Waals surface area contributed by atoms with Gasteiger partial charge in [0.15, 0.2) is 5.60 Å². The zero-order valence-corrected chi connectivity index (χ0v) is 17.8. The number of rotatable bonds is 4. The van der Waals surface area contributed by atoms with Crippen LogP contribution in [0.5, 0.6) is 11.5 Å². The number of benzene rings is 2. The molecule has 0 bridgehead atoms. The van der Waals surface area contributed by atoms with Gasteiger partial charge < -0.3 is 20.3 Å². The number of hydrogen-bond acceptors (Lipinski definition) is 7. The number of nitro benzene ring substituents is 1. The number of aromatic hydroxyl groups is 2. The number of phenols is 2. The Hall–Kier alpha value is -2.92. The van der Waals surface area contributed by atoms with Gasteiger partial charge in [0.25, 0.3) is 5.69 Å². The smallest absolute Gasteiger partial charge is 0.332 e. The highest BCUT2D eigenvalue weighted by Crippen LogP contribution is 2.50. The molecule has 0 radical (unpaired) electrons. The topological polar surface area (TPSA) is 139 Å². The molecule has 0 fully saturated rings. The zero-order valence-electron chi connectivity index (χ0n) is 14.6. The number of carbonyl (C=O) groups excluding carboxylic acids is 2. The highest BCUT2D eigenvalue weighted by Gasteiger charge is 2.44. The molecular weight excluding hydrogens is 516 g/mol. The molecule has 1 amide bonds. The number of phenolic OH excluding ortho intramolecular Hbond substituents is 2. The molecule has 0 aromatic heterocycles. The molecule has 9 nitrogen and oxygen atoms in total. The average molecular weight is 528 g/mol. The highest BCUT2D eigenvalue weighted by atomic mass is 79.9. The van der Waals surface area contributed by atoms with Crippen molar-refractivity contribution >= 4 is 55.1 Å². The monoisotopic (exact) mass is 526 g/mol. The lowest BCUT2D eigenvalue weighted by atomic mass is 9.85. The molecule has 1 aliphatic rings. The van der Waals surface area contributed by atoms with Gasteiger partial charge in [-0.2, -0.15) is 0 Å². The van der Waals surface area contributed by atoms with E-state index in [0.29, 0.717) is 0 Å². The van der Waals surface area contributed by atoms with Gasteiger partial charge in [0, 0.05) is 30.2 Å². The van der Waals surface area contributed by atoms with Crippen LogP contribution in [0.1, 0.15) is 18.1 Å². The van der Waals surface area contributed by atoms with Crippen LogP contribution in [0.2, 0.25) is 0 Å². The quantitative estimate of drug-likeness (QED) is 0.312. The highest BCUT2D eigenvalue weighted by molar-refractivity contribution is 9.11. The first-order valence-electron chi connectivity index (χ1n) is 7.96. The molecular formula is C18H12Br2N2O7. The molecule has 29 heavy (non-hydrogen) atoms. The van der Waals surface area contributed by atoms with E-state index in [2.05, 4.69) is 37.2 Å². The lowest BCUT2D eigenvalue weighted by Crippen LogP contribution is -2.27. The van der Waals surface area contributed by atoms with E-state index in [4.69, 9.17) is 4.74 Å². The van der Waals surface area contributed by atoms with Crippen LogP contribution in [0, 0.1) is 10.1 Å². The Labute approximate surface area is 180 Å². The van der Waals surface area contributed by atoms with E-state index in [1.165, 1.54) is 31.2 Å². The predicted octanol–water partition coefficient (Wildman–Crippen LogP) is 3.85. The van der Waals surface area contributed by atoms with Gasteiger partial charge in [-0.3, -0.25) is 14.9 Å². The Morgan fingerprint density at radius 3 is 2.48 bits per heavy atom. The molecule has 1 unspecified atom stereocenters. The van der Waals surface area contributed by atoms with Crippen molar-refractivity contribution < 1.29 is 29.5 Å². The third-order valence-corrected chi connectivity index (χ3v) is 5.57. The summed E-state index contributed by atoms with van der Waals surface area (Å²) in [6.45, 7) is 1.21. The summed E-state index contributed by atoms with van der Waals surface area (Å²) >= 11 is 6.22. The second-order valence-corrected chi connectivity index (χ2v) is 7.72. The number of nitro groups is 1. The van der Waals surface area contributed by atoms with Crippen LogP contribution in [0.15, 0.2) is 45.4 Å². The second-order valence-electron chi connectivity index (χ2n) is 6.08. The fraction of sp³-hybridized carbons (Fsp3) is 0.111. The zero-order chi connectivity index (χ0) is 21.5. The molecule has 0 saturated heterocycles. The molecule has 0 aliphatic carbocycles. The van der Waals surface area contributed by atoms with E-state index in [-0.39, 0.29) is 31.5 Å². The van der Waals surface area contributed by atoms with Crippen LogP contribution >= 0.6 is 31.9 Å². The SMILES string of the molecule is CC(=O)Nc1ccc(C2(c3cc(Br)c(O)c(Br)c3O)C=CC(=O)O2)cc1[N+](=O)[O-]. The van der Waals surface area contributed by atoms with Crippen molar-refractivity contribution in [1.82, 2.24) is 0 Å². The molecule has 3 rings (SSSR count). The maximum Gasteiger partial charge on any atom is 0.332 e. The van der Waals surface area contributed by atoms with Crippen LogP contribution in [0.4, 0.5) is 11.4 Å². The van der Waals surface area contributed by atoms with Gasteiger partial charge in [-0.15, -0.1) is 0 Å². The van der Waals surface area contributed by atoms with Gasteiger partial charge >= 0.3 is 5.97 Å². The number of nitrogens with zero attached hydrogens (tertiary/aromatic N) is 1. The number of ether oxygens (including phenoxy) is 1. The van der Waals surface area contributed by atoms with Gasteiger partial charge in [0.2, 0.25) is 5.91 Å². The number of amides is 1. The first-order valence-corrected chi connectivity index (χ1v) is 9.54. The number of nitrogens with one attached hydrogen (secondary N) is 1. The molecule has 0 spiro atoms. The Morgan fingerprint density at radius 2 is 1.93 bits per heavy atom. The maximum atomic E-state index is 11.9. The van der Waals surface area contributed by atoms with E-state index in [9.17, 15) is 29.9 Å². The van der Waals surface area contributed by atoms with Gasteiger partial charge in [-0.1, -0.05) is 6.07 Å². The molecule has 3 N–H and O–H groups in total. The summed E-state index contributed by atoms with van der Waals surface area (Å²) in [5.74, 6) is -1.91. The second kappa shape index (κ2) is 7.48. The summed E-state index contributed by atoms with van der Waals surface area (Å²) in [6.07, 6.45) is 2.47. The third kappa shape index (κ3) is 3.58. The summed E-state index contributed by atoms with van der Waals surface area (Å²) in [6, 6.07) is 5.21. The minimum absolute atomic E-state index is 0.0352. The number of cyclic esters (lactones) is 1. The summed E-state index contributed by atoms with van der Waals surface area (Å²) in [4.78, 5) is 34.1. The molecule has 2 aromatic rings. The van der Waals surface area contributed by atoms with Crippen molar-refractivity contribution in [2.45, 2.75) is 12.5 Å². The minimum Gasteiger partial charge on any atom is -0.506 e. The summed E-state index contributed by atoms with van der Waals surface area (Å²) in [5.41, 5.74) is -1.95. The molecule has 1 atom stereocenters. The number of hydrogen-bond donors (Lipinski definition) is 3. The Morgan fingerprint density at radius 1 is 1.24 bits per heavy atom. The van der Waals surface area contributed by atoms with Crippen molar-refractivity contribution in [3.05, 3.63) is 66.6 Å². The van der Waals surface area contributed by atoms with E-state index >= 15 is 0 Å². The molecule has 0 saturated carbocycles. The van der Waals surface area contributed by atoms with Crippen molar-refractivity contribution in [3.63, 3.8) is 0 Å². The van der Waals surface area contributed by atoms with Crippen molar-refractivity contribution in [3.8, 4) is 11.5 Å². The molecule has 2 aromatic carbocycles. The van der Waals surface area contributed by atoms with Crippen LogP contribution in [-0.4, -0.2) is 27.0 Å². The lowest BCUT2D eigenvalue weighted by Gasteiger charge is -2.29. The fourth-order valence-electron chi connectivity index (χ4n) is 2.96.